The number of nitrogens with zero attached hydrogens (tertiary/aromatic N) is 3. The fraction of sp³-hybridized carbons (Fsp3) is 0.588. The molecule has 1 aliphatic heterocycles. The van der Waals surface area contributed by atoms with Gasteiger partial charge in [0.25, 0.3) is 0 Å². The summed E-state index contributed by atoms with van der Waals surface area (Å²) in [5, 5.41) is 9.62. The molecule has 2 rings (SSSR count). The SMILES string of the molecule is CC(C)(C)OC(=O)N1CCCN([C@@H](C(=O)O)c2cccnc2)CC1. The molecule has 0 saturated carbocycles. The van der Waals surface area contributed by atoms with Crippen LogP contribution in [-0.2, 0) is 9.53 Å². The van der Waals surface area contributed by atoms with Crippen LogP contribution in [0.3, 0.4) is 0 Å². The van der Waals surface area contributed by atoms with Crippen molar-refractivity contribution in [1.82, 2.24) is 14.8 Å². The first-order valence-electron chi connectivity index (χ1n) is 8.12. The number of amides is 1. The molecule has 0 spiro atoms. The largest absolute Gasteiger partial charge is 0.480 e. The molecule has 1 aromatic heterocycles. The summed E-state index contributed by atoms with van der Waals surface area (Å²) in [6.45, 7) is 7.58. The van der Waals surface area contributed by atoms with Crippen LogP contribution in [-0.4, -0.2) is 63.7 Å². The molecule has 132 valence electrons. The fourth-order valence-corrected chi connectivity index (χ4v) is 2.75. The number of carbonyl (C=O) groups excluding carboxylic acids is 1. The molecule has 0 unspecified atom stereocenters. The van der Waals surface area contributed by atoms with Crippen LogP contribution in [0.25, 0.3) is 0 Å². The van der Waals surface area contributed by atoms with Crippen LogP contribution < -0.4 is 0 Å². The summed E-state index contributed by atoms with van der Waals surface area (Å²) in [7, 11) is 0. The number of hydrogen-bond donors (Lipinski definition) is 1. The van der Waals surface area contributed by atoms with Crippen molar-refractivity contribution >= 4 is 12.1 Å². The minimum absolute atomic E-state index is 0.349. The fourth-order valence-electron chi connectivity index (χ4n) is 2.75. The lowest BCUT2D eigenvalue weighted by atomic mass is 10.1. The molecular weight excluding hydrogens is 310 g/mol. The van der Waals surface area contributed by atoms with Gasteiger partial charge in [0.1, 0.15) is 11.6 Å². The van der Waals surface area contributed by atoms with E-state index in [0.29, 0.717) is 38.2 Å². The standard InChI is InChI=1S/C17H25N3O4/c1-17(2,3)24-16(23)20-9-5-8-19(10-11-20)14(15(21)22)13-6-4-7-18-12-13/h4,6-7,12,14H,5,8-11H2,1-3H3,(H,21,22)/t14-/m1/s1. The van der Waals surface area contributed by atoms with Crippen LogP contribution in [0.15, 0.2) is 24.5 Å². The normalized spacial score (nSPS) is 17.9. The zero-order valence-corrected chi connectivity index (χ0v) is 14.4. The number of aromatic nitrogens is 1. The van der Waals surface area contributed by atoms with E-state index in [1.807, 2.05) is 25.7 Å². The molecule has 24 heavy (non-hydrogen) atoms. The zero-order chi connectivity index (χ0) is 17.7. The van der Waals surface area contributed by atoms with Crippen molar-refractivity contribution in [3.63, 3.8) is 0 Å². The topological polar surface area (TPSA) is 83.0 Å². The van der Waals surface area contributed by atoms with Gasteiger partial charge in [0, 0.05) is 38.6 Å². The molecule has 1 saturated heterocycles. The Morgan fingerprint density at radius 2 is 2.00 bits per heavy atom. The zero-order valence-electron chi connectivity index (χ0n) is 14.4. The van der Waals surface area contributed by atoms with Gasteiger partial charge in [0.05, 0.1) is 0 Å². The number of carboxylic acid groups (broad SMARTS) is 1. The minimum Gasteiger partial charge on any atom is -0.480 e. The van der Waals surface area contributed by atoms with Crippen molar-refractivity contribution in [1.29, 1.82) is 0 Å². The van der Waals surface area contributed by atoms with Crippen LogP contribution in [0.2, 0.25) is 0 Å². The second-order valence-corrected chi connectivity index (χ2v) is 6.88. The van der Waals surface area contributed by atoms with Crippen molar-refractivity contribution in [3.8, 4) is 0 Å². The number of rotatable bonds is 3. The third-order valence-electron chi connectivity index (χ3n) is 3.78. The molecule has 0 aromatic carbocycles. The van der Waals surface area contributed by atoms with Crippen molar-refractivity contribution < 1.29 is 19.4 Å². The monoisotopic (exact) mass is 335 g/mol. The molecule has 0 aliphatic carbocycles. The second kappa shape index (κ2) is 7.61. The summed E-state index contributed by atoms with van der Waals surface area (Å²) >= 11 is 0. The van der Waals surface area contributed by atoms with Crippen molar-refractivity contribution in [2.75, 3.05) is 26.2 Å². The highest BCUT2D eigenvalue weighted by Crippen LogP contribution is 2.22. The molecule has 1 amide bonds. The highest BCUT2D eigenvalue weighted by atomic mass is 16.6. The van der Waals surface area contributed by atoms with Gasteiger partial charge >= 0.3 is 12.1 Å². The van der Waals surface area contributed by atoms with Gasteiger partial charge in [-0.25, -0.2) is 4.79 Å². The first-order chi connectivity index (χ1) is 11.3. The van der Waals surface area contributed by atoms with E-state index < -0.39 is 17.6 Å². The van der Waals surface area contributed by atoms with E-state index >= 15 is 0 Å². The average Bonchev–Trinajstić information content (AvgIpc) is 2.72. The van der Waals surface area contributed by atoms with Gasteiger partial charge in [-0.3, -0.25) is 14.7 Å². The Morgan fingerprint density at radius 3 is 2.58 bits per heavy atom. The lowest BCUT2D eigenvalue weighted by Crippen LogP contribution is -2.40. The number of pyridine rings is 1. The van der Waals surface area contributed by atoms with E-state index in [9.17, 15) is 14.7 Å². The van der Waals surface area contributed by atoms with E-state index in [4.69, 9.17) is 4.74 Å². The minimum atomic E-state index is -0.909. The first kappa shape index (κ1) is 18.2. The van der Waals surface area contributed by atoms with Gasteiger partial charge in [0.2, 0.25) is 0 Å². The molecule has 0 radical (unpaired) electrons. The molecule has 2 heterocycles. The van der Waals surface area contributed by atoms with E-state index in [-0.39, 0.29) is 6.09 Å². The predicted molar refractivity (Wildman–Crippen MR) is 88.6 cm³/mol. The molecule has 1 N–H and O–H groups in total. The number of hydrogen-bond acceptors (Lipinski definition) is 5. The summed E-state index contributed by atoms with van der Waals surface area (Å²) in [5.41, 5.74) is 0.110. The molecule has 1 fully saturated rings. The highest BCUT2D eigenvalue weighted by Gasteiger charge is 2.31. The number of carboxylic acids is 1. The Balaban J connectivity index is 2.06. The molecular formula is C17H25N3O4. The van der Waals surface area contributed by atoms with Crippen molar-refractivity contribution in [3.05, 3.63) is 30.1 Å². The number of aliphatic carboxylic acids is 1. The lowest BCUT2D eigenvalue weighted by molar-refractivity contribution is -0.143. The molecule has 0 bridgehead atoms. The van der Waals surface area contributed by atoms with Crippen LogP contribution in [0.4, 0.5) is 4.79 Å². The lowest BCUT2D eigenvalue weighted by Gasteiger charge is -2.28. The predicted octanol–water partition coefficient (Wildman–Crippen LogP) is 2.15. The van der Waals surface area contributed by atoms with Crippen molar-refractivity contribution in [2.24, 2.45) is 0 Å². The first-order valence-corrected chi connectivity index (χ1v) is 8.12. The Morgan fingerprint density at radius 1 is 1.25 bits per heavy atom. The molecule has 7 heteroatoms. The molecule has 1 aliphatic rings. The molecule has 7 nitrogen and oxygen atoms in total. The highest BCUT2D eigenvalue weighted by molar-refractivity contribution is 5.75. The number of ether oxygens (including phenoxy) is 1. The number of carbonyl (C=O) groups is 2. The van der Waals surface area contributed by atoms with E-state index in [1.54, 1.807) is 29.4 Å². The third kappa shape index (κ3) is 4.92. The van der Waals surface area contributed by atoms with Gasteiger partial charge in [-0.15, -0.1) is 0 Å². The Labute approximate surface area is 142 Å². The Bertz CT molecular complexity index is 571. The summed E-state index contributed by atoms with van der Waals surface area (Å²) in [6.07, 6.45) is 3.55. The van der Waals surface area contributed by atoms with Gasteiger partial charge in [-0.1, -0.05) is 6.07 Å². The van der Waals surface area contributed by atoms with Gasteiger partial charge < -0.3 is 14.7 Å². The van der Waals surface area contributed by atoms with Crippen LogP contribution in [0, 0.1) is 0 Å². The quantitative estimate of drug-likeness (QED) is 0.911. The second-order valence-electron chi connectivity index (χ2n) is 6.88. The van der Waals surface area contributed by atoms with Gasteiger partial charge in [0.15, 0.2) is 0 Å². The Hall–Kier alpha value is -2.15. The smallest absolute Gasteiger partial charge is 0.410 e. The van der Waals surface area contributed by atoms with Crippen LogP contribution in [0.5, 0.6) is 0 Å². The summed E-state index contributed by atoms with van der Waals surface area (Å²) in [4.78, 5) is 31.5. The van der Waals surface area contributed by atoms with E-state index in [0.717, 1.165) is 0 Å². The maximum atomic E-state index is 12.2. The summed E-state index contributed by atoms with van der Waals surface area (Å²) in [6, 6.07) is 2.75. The summed E-state index contributed by atoms with van der Waals surface area (Å²) in [5.74, 6) is -0.909. The van der Waals surface area contributed by atoms with Crippen molar-refractivity contribution in [2.45, 2.75) is 38.8 Å². The Kier molecular flexibility index (Phi) is 5.77. The van der Waals surface area contributed by atoms with E-state index in [2.05, 4.69) is 4.98 Å². The van der Waals surface area contributed by atoms with E-state index in [1.165, 1.54) is 0 Å². The van der Waals surface area contributed by atoms with Gasteiger partial charge in [-0.2, -0.15) is 0 Å². The maximum Gasteiger partial charge on any atom is 0.410 e. The summed E-state index contributed by atoms with van der Waals surface area (Å²) < 4.78 is 5.40. The maximum absolute atomic E-state index is 12.2. The van der Waals surface area contributed by atoms with Crippen LogP contribution in [0.1, 0.15) is 38.8 Å². The average molecular weight is 335 g/mol. The molecule has 1 aromatic rings. The molecule has 1 atom stereocenters. The van der Waals surface area contributed by atoms with Crippen LogP contribution >= 0.6 is 0 Å². The van der Waals surface area contributed by atoms with Gasteiger partial charge in [-0.05, 0) is 38.8 Å². The third-order valence-corrected chi connectivity index (χ3v) is 3.78.